The van der Waals surface area contributed by atoms with Crippen LogP contribution in [0, 0.1) is 5.92 Å². The molecule has 2 aliphatic rings. The van der Waals surface area contributed by atoms with E-state index in [1.807, 2.05) is 20.0 Å². The van der Waals surface area contributed by atoms with Crippen LogP contribution in [0.4, 0.5) is 11.4 Å². The van der Waals surface area contributed by atoms with Gasteiger partial charge in [0.1, 0.15) is 5.75 Å². The molecule has 1 atom stereocenters. The lowest BCUT2D eigenvalue weighted by molar-refractivity contribution is -0.122. The SMILES string of the molecule is CC1COc2ccc(N3CCNCC3)cc2N(C)C1=O. The molecular weight excluding hydrogens is 254 g/mol. The van der Waals surface area contributed by atoms with E-state index >= 15 is 0 Å². The molecule has 0 spiro atoms. The molecule has 1 saturated heterocycles. The van der Waals surface area contributed by atoms with Crippen molar-refractivity contribution in [2.24, 2.45) is 5.92 Å². The van der Waals surface area contributed by atoms with E-state index < -0.39 is 0 Å². The van der Waals surface area contributed by atoms with Gasteiger partial charge >= 0.3 is 0 Å². The lowest BCUT2D eigenvalue weighted by Gasteiger charge is -2.30. The van der Waals surface area contributed by atoms with E-state index in [1.54, 1.807) is 4.90 Å². The van der Waals surface area contributed by atoms with Gasteiger partial charge in [0, 0.05) is 38.9 Å². The van der Waals surface area contributed by atoms with E-state index in [4.69, 9.17) is 4.74 Å². The summed E-state index contributed by atoms with van der Waals surface area (Å²) in [5.41, 5.74) is 2.03. The first-order chi connectivity index (χ1) is 9.66. The van der Waals surface area contributed by atoms with Gasteiger partial charge in [-0.3, -0.25) is 4.79 Å². The Bertz CT molecular complexity index is 512. The highest BCUT2D eigenvalue weighted by Crippen LogP contribution is 2.35. The number of rotatable bonds is 1. The van der Waals surface area contributed by atoms with Crippen molar-refractivity contribution >= 4 is 17.3 Å². The molecular formula is C15H21N3O2. The predicted molar refractivity (Wildman–Crippen MR) is 79.6 cm³/mol. The van der Waals surface area contributed by atoms with Gasteiger partial charge in [0.25, 0.3) is 0 Å². The van der Waals surface area contributed by atoms with E-state index in [2.05, 4.69) is 22.3 Å². The highest BCUT2D eigenvalue weighted by atomic mass is 16.5. The van der Waals surface area contributed by atoms with Gasteiger partial charge in [-0.2, -0.15) is 0 Å². The van der Waals surface area contributed by atoms with Gasteiger partial charge in [-0.05, 0) is 18.2 Å². The summed E-state index contributed by atoms with van der Waals surface area (Å²) in [6.45, 7) is 6.34. The minimum Gasteiger partial charge on any atom is -0.491 e. The Morgan fingerprint density at radius 1 is 1.30 bits per heavy atom. The summed E-state index contributed by atoms with van der Waals surface area (Å²) in [4.78, 5) is 16.3. The van der Waals surface area contributed by atoms with E-state index in [-0.39, 0.29) is 11.8 Å². The maximum Gasteiger partial charge on any atom is 0.233 e. The lowest BCUT2D eigenvalue weighted by atomic mass is 10.1. The van der Waals surface area contributed by atoms with Gasteiger partial charge in [-0.15, -0.1) is 0 Å². The number of amides is 1. The summed E-state index contributed by atoms with van der Waals surface area (Å²) < 4.78 is 5.75. The quantitative estimate of drug-likeness (QED) is 0.833. The Balaban J connectivity index is 1.93. The van der Waals surface area contributed by atoms with Crippen molar-refractivity contribution in [1.29, 1.82) is 0 Å². The average Bonchev–Trinajstić information content (AvgIpc) is 2.61. The number of piperazine rings is 1. The van der Waals surface area contributed by atoms with Crippen molar-refractivity contribution in [2.75, 3.05) is 49.6 Å². The van der Waals surface area contributed by atoms with Gasteiger partial charge < -0.3 is 19.9 Å². The highest BCUT2D eigenvalue weighted by molar-refractivity contribution is 5.97. The number of fused-ring (bicyclic) bond motifs is 1. The second kappa shape index (κ2) is 5.32. The zero-order valence-corrected chi connectivity index (χ0v) is 12.1. The smallest absolute Gasteiger partial charge is 0.233 e. The fourth-order valence-electron chi connectivity index (χ4n) is 2.75. The van der Waals surface area contributed by atoms with Gasteiger partial charge in [0.15, 0.2) is 0 Å². The Kier molecular flexibility index (Phi) is 3.53. The second-order valence-electron chi connectivity index (χ2n) is 5.50. The molecule has 20 heavy (non-hydrogen) atoms. The highest BCUT2D eigenvalue weighted by Gasteiger charge is 2.26. The molecule has 5 nitrogen and oxygen atoms in total. The average molecular weight is 275 g/mol. The molecule has 0 saturated carbocycles. The Morgan fingerprint density at radius 2 is 2.05 bits per heavy atom. The molecule has 108 valence electrons. The molecule has 1 fully saturated rings. The third-order valence-corrected chi connectivity index (χ3v) is 4.03. The third-order valence-electron chi connectivity index (χ3n) is 4.03. The van der Waals surface area contributed by atoms with Gasteiger partial charge in [0.2, 0.25) is 5.91 Å². The maximum atomic E-state index is 12.2. The number of ether oxygens (including phenoxy) is 1. The standard InChI is InChI=1S/C15H21N3O2/c1-11-10-20-14-4-3-12(18-7-5-16-6-8-18)9-13(14)17(2)15(11)19/h3-4,9,11,16H,5-8,10H2,1-2H3. The second-order valence-corrected chi connectivity index (χ2v) is 5.50. The molecule has 1 amide bonds. The fraction of sp³-hybridized carbons (Fsp3) is 0.533. The normalized spacial score (nSPS) is 23.1. The number of hydrogen-bond acceptors (Lipinski definition) is 4. The number of anilines is 2. The van der Waals surface area contributed by atoms with Crippen LogP contribution < -0.4 is 19.9 Å². The van der Waals surface area contributed by atoms with Crippen LogP contribution in [-0.4, -0.2) is 45.7 Å². The molecule has 2 heterocycles. The molecule has 0 aliphatic carbocycles. The molecule has 1 aromatic rings. The molecule has 2 aliphatic heterocycles. The number of nitrogens with one attached hydrogen (secondary N) is 1. The molecule has 0 aromatic heterocycles. The predicted octanol–water partition coefficient (Wildman–Crippen LogP) is 1.09. The summed E-state index contributed by atoms with van der Waals surface area (Å²) in [7, 11) is 1.83. The number of carbonyl (C=O) groups excluding carboxylic acids is 1. The van der Waals surface area contributed by atoms with Crippen molar-refractivity contribution in [3.8, 4) is 5.75 Å². The largest absolute Gasteiger partial charge is 0.491 e. The first-order valence-corrected chi connectivity index (χ1v) is 7.17. The monoisotopic (exact) mass is 275 g/mol. The minimum absolute atomic E-state index is 0.102. The van der Waals surface area contributed by atoms with Crippen molar-refractivity contribution in [3.05, 3.63) is 18.2 Å². The van der Waals surface area contributed by atoms with E-state index in [9.17, 15) is 4.79 Å². The van der Waals surface area contributed by atoms with Gasteiger partial charge in [-0.1, -0.05) is 6.92 Å². The Labute approximate surface area is 119 Å². The molecule has 0 bridgehead atoms. The summed E-state index contributed by atoms with van der Waals surface area (Å²) >= 11 is 0. The van der Waals surface area contributed by atoms with E-state index in [0.29, 0.717) is 6.61 Å². The van der Waals surface area contributed by atoms with Crippen molar-refractivity contribution in [2.45, 2.75) is 6.92 Å². The summed E-state index contributed by atoms with van der Waals surface area (Å²) in [5.74, 6) is 0.806. The number of nitrogens with zero attached hydrogens (tertiary/aromatic N) is 2. The molecule has 3 rings (SSSR count). The number of hydrogen-bond donors (Lipinski definition) is 1. The first kappa shape index (κ1) is 13.2. The molecule has 1 unspecified atom stereocenters. The zero-order chi connectivity index (χ0) is 14.1. The molecule has 0 radical (unpaired) electrons. The molecule has 1 N–H and O–H groups in total. The lowest BCUT2D eigenvalue weighted by Crippen LogP contribution is -2.43. The first-order valence-electron chi connectivity index (χ1n) is 7.17. The molecule has 5 heteroatoms. The van der Waals surface area contributed by atoms with E-state index in [1.165, 1.54) is 0 Å². The fourth-order valence-corrected chi connectivity index (χ4v) is 2.75. The van der Waals surface area contributed by atoms with Crippen LogP contribution in [0.25, 0.3) is 0 Å². The van der Waals surface area contributed by atoms with Gasteiger partial charge in [0.05, 0.1) is 18.2 Å². The summed E-state index contributed by atoms with van der Waals surface area (Å²) in [5, 5.41) is 3.35. The van der Waals surface area contributed by atoms with Crippen LogP contribution in [0.5, 0.6) is 5.75 Å². The number of carbonyl (C=O) groups is 1. The van der Waals surface area contributed by atoms with Crippen LogP contribution in [-0.2, 0) is 4.79 Å². The van der Waals surface area contributed by atoms with Gasteiger partial charge in [-0.25, -0.2) is 0 Å². The minimum atomic E-state index is -0.102. The van der Waals surface area contributed by atoms with Crippen LogP contribution in [0.1, 0.15) is 6.92 Å². The van der Waals surface area contributed by atoms with E-state index in [0.717, 1.165) is 43.3 Å². The van der Waals surface area contributed by atoms with Crippen molar-refractivity contribution in [3.63, 3.8) is 0 Å². The number of benzene rings is 1. The summed E-state index contributed by atoms with van der Waals surface area (Å²) in [6, 6.07) is 6.13. The van der Waals surface area contributed by atoms with Crippen molar-refractivity contribution in [1.82, 2.24) is 5.32 Å². The maximum absolute atomic E-state index is 12.2. The Hall–Kier alpha value is -1.75. The van der Waals surface area contributed by atoms with Crippen LogP contribution in [0.2, 0.25) is 0 Å². The zero-order valence-electron chi connectivity index (χ0n) is 12.1. The van der Waals surface area contributed by atoms with Crippen LogP contribution in [0.15, 0.2) is 18.2 Å². The van der Waals surface area contributed by atoms with Crippen LogP contribution >= 0.6 is 0 Å². The topological polar surface area (TPSA) is 44.8 Å². The summed E-state index contributed by atoms with van der Waals surface area (Å²) in [6.07, 6.45) is 0. The Morgan fingerprint density at radius 3 is 2.80 bits per heavy atom. The van der Waals surface area contributed by atoms with Crippen LogP contribution in [0.3, 0.4) is 0 Å². The molecule has 1 aromatic carbocycles. The van der Waals surface area contributed by atoms with Crippen molar-refractivity contribution < 1.29 is 9.53 Å². The third kappa shape index (κ3) is 2.33.